The Morgan fingerprint density at radius 1 is 1.14 bits per heavy atom. The summed E-state index contributed by atoms with van der Waals surface area (Å²) in [4.78, 5) is 0.172. The lowest BCUT2D eigenvalue weighted by atomic mass is 10.1. The van der Waals surface area contributed by atoms with E-state index in [4.69, 9.17) is 4.74 Å². The van der Waals surface area contributed by atoms with Gasteiger partial charge in [-0.3, -0.25) is 0 Å². The molecule has 1 rings (SSSR count). The topological polar surface area (TPSA) is 55.4 Å². The van der Waals surface area contributed by atoms with Gasteiger partial charge in [-0.15, -0.1) is 0 Å². The highest BCUT2D eigenvalue weighted by atomic mass is 79.9. The quantitative estimate of drug-likeness (QED) is 0.624. The molecule has 1 aromatic carbocycles. The minimum absolute atomic E-state index is 0.172. The fourth-order valence-corrected chi connectivity index (χ4v) is 3.83. The maximum atomic E-state index is 12.3. The molecule has 0 radical (unpaired) electrons. The molecule has 0 spiro atoms. The summed E-state index contributed by atoms with van der Waals surface area (Å²) < 4.78 is 33.0. The van der Waals surface area contributed by atoms with E-state index >= 15 is 0 Å². The maximum absolute atomic E-state index is 12.3. The van der Waals surface area contributed by atoms with Crippen LogP contribution in [0.1, 0.15) is 45.4 Å². The van der Waals surface area contributed by atoms with Crippen LogP contribution in [0.5, 0.6) is 5.75 Å². The van der Waals surface area contributed by atoms with Crippen LogP contribution in [0.25, 0.3) is 0 Å². The zero-order valence-electron chi connectivity index (χ0n) is 12.7. The highest BCUT2D eigenvalue weighted by Gasteiger charge is 2.19. The first-order valence-electron chi connectivity index (χ1n) is 7.34. The van der Waals surface area contributed by atoms with Gasteiger partial charge < -0.3 is 4.74 Å². The SMILES string of the molecule is CCCCCCCCNS(=O)(=O)c1cc(Br)ccc1OC. The van der Waals surface area contributed by atoms with Gasteiger partial charge in [0.2, 0.25) is 10.0 Å². The lowest BCUT2D eigenvalue weighted by Gasteiger charge is -2.11. The van der Waals surface area contributed by atoms with Crippen LogP contribution >= 0.6 is 15.9 Å². The molecular weight excluding hydrogens is 354 g/mol. The zero-order chi connectivity index (χ0) is 15.7. The van der Waals surface area contributed by atoms with Crippen molar-refractivity contribution in [2.24, 2.45) is 0 Å². The maximum Gasteiger partial charge on any atom is 0.244 e. The van der Waals surface area contributed by atoms with E-state index in [9.17, 15) is 8.42 Å². The van der Waals surface area contributed by atoms with Crippen molar-refractivity contribution in [3.05, 3.63) is 22.7 Å². The van der Waals surface area contributed by atoms with E-state index in [-0.39, 0.29) is 4.90 Å². The first kappa shape index (κ1) is 18.5. The normalized spacial score (nSPS) is 11.6. The molecule has 4 nitrogen and oxygen atoms in total. The molecule has 0 atom stereocenters. The van der Waals surface area contributed by atoms with E-state index in [2.05, 4.69) is 27.6 Å². The monoisotopic (exact) mass is 377 g/mol. The first-order valence-corrected chi connectivity index (χ1v) is 9.62. The number of nitrogens with one attached hydrogen (secondary N) is 1. The standard InChI is InChI=1S/C15H24BrNO3S/c1-3-4-5-6-7-8-11-17-21(18,19)15-12-13(16)9-10-14(15)20-2/h9-10,12,17H,3-8,11H2,1-2H3. The number of halogens is 1. The molecule has 0 aromatic heterocycles. The number of methoxy groups -OCH3 is 1. The predicted octanol–water partition coefficient (Wildman–Crippen LogP) is 4.10. The van der Waals surface area contributed by atoms with Gasteiger partial charge in [-0.05, 0) is 24.6 Å². The molecule has 0 saturated carbocycles. The second-order valence-corrected chi connectivity index (χ2v) is 7.61. The molecular formula is C15H24BrNO3S. The average molecular weight is 378 g/mol. The van der Waals surface area contributed by atoms with E-state index in [1.165, 1.54) is 26.4 Å². The molecule has 0 saturated heterocycles. The zero-order valence-corrected chi connectivity index (χ0v) is 15.1. The van der Waals surface area contributed by atoms with Gasteiger partial charge in [-0.2, -0.15) is 0 Å². The van der Waals surface area contributed by atoms with Crippen LogP contribution in [0.2, 0.25) is 0 Å². The number of ether oxygens (including phenoxy) is 1. The Kier molecular flexibility index (Phi) is 8.29. The molecule has 0 fully saturated rings. The van der Waals surface area contributed by atoms with Crippen molar-refractivity contribution >= 4 is 26.0 Å². The predicted molar refractivity (Wildman–Crippen MR) is 89.3 cm³/mol. The summed E-state index contributed by atoms with van der Waals surface area (Å²) >= 11 is 3.29. The summed E-state index contributed by atoms with van der Waals surface area (Å²) in [6.45, 7) is 2.64. The summed E-state index contributed by atoms with van der Waals surface area (Å²) in [5, 5.41) is 0. The van der Waals surface area contributed by atoms with Crippen molar-refractivity contribution in [3.63, 3.8) is 0 Å². The van der Waals surface area contributed by atoms with Crippen molar-refractivity contribution in [2.75, 3.05) is 13.7 Å². The summed E-state index contributed by atoms with van der Waals surface area (Å²) in [5.74, 6) is 0.355. The highest BCUT2D eigenvalue weighted by molar-refractivity contribution is 9.10. The van der Waals surface area contributed by atoms with Gasteiger partial charge in [0.15, 0.2) is 0 Å². The number of hydrogen-bond donors (Lipinski definition) is 1. The molecule has 0 aliphatic heterocycles. The lowest BCUT2D eigenvalue weighted by Crippen LogP contribution is -2.25. The molecule has 0 heterocycles. The van der Waals surface area contributed by atoms with Crippen LogP contribution in [0.3, 0.4) is 0 Å². The third-order valence-electron chi connectivity index (χ3n) is 3.24. The summed E-state index contributed by atoms with van der Waals surface area (Å²) in [5.41, 5.74) is 0. The van der Waals surface area contributed by atoms with Crippen molar-refractivity contribution < 1.29 is 13.2 Å². The van der Waals surface area contributed by atoms with Gasteiger partial charge >= 0.3 is 0 Å². The van der Waals surface area contributed by atoms with Crippen LogP contribution in [-0.4, -0.2) is 22.1 Å². The molecule has 0 amide bonds. The number of unbranched alkanes of at least 4 members (excludes halogenated alkanes) is 5. The van der Waals surface area contributed by atoms with Gasteiger partial charge in [0.1, 0.15) is 10.6 Å². The summed E-state index contributed by atoms with van der Waals surface area (Å²) in [6.07, 6.45) is 6.77. The number of rotatable bonds is 10. The lowest BCUT2D eigenvalue weighted by molar-refractivity contribution is 0.402. The molecule has 120 valence electrons. The fraction of sp³-hybridized carbons (Fsp3) is 0.600. The number of hydrogen-bond acceptors (Lipinski definition) is 3. The van der Waals surface area contributed by atoms with Gasteiger partial charge in [0, 0.05) is 11.0 Å². The number of sulfonamides is 1. The second kappa shape index (κ2) is 9.43. The van der Waals surface area contributed by atoms with E-state index in [1.54, 1.807) is 18.2 Å². The van der Waals surface area contributed by atoms with Crippen LogP contribution in [0.4, 0.5) is 0 Å². The third-order valence-corrected chi connectivity index (χ3v) is 5.21. The molecule has 0 aliphatic rings. The van der Waals surface area contributed by atoms with Crippen molar-refractivity contribution in [2.45, 2.75) is 50.3 Å². The third kappa shape index (κ3) is 6.36. The van der Waals surface area contributed by atoms with Crippen molar-refractivity contribution in [1.29, 1.82) is 0 Å². The minimum atomic E-state index is -3.53. The van der Waals surface area contributed by atoms with Gasteiger partial charge in [-0.1, -0.05) is 55.0 Å². The van der Waals surface area contributed by atoms with Gasteiger partial charge in [0.05, 0.1) is 7.11 Å². The highest BCUT2D eigenvalue weighted by Crippen LogP contribution is 2.27. The molecule has 1 aromatic rings. The van der Waals surface area contributed by atoms with Crippen LogP contribution in [0, 0.1) is 0 Å². The Morgan fingerprint density at radius 3 is 2.48 bits per heavy atom. The van der Waals surface area contributed by atoms with Crippen molar-refractivity contribution in [3.8, 4) is 5.75 Å². The fourth-order valence-electron chi connectivity index (χ4n) is 2.05. The molecule has 0 unspecified atom stereocenters. The largest absolute Gasteiger partial charge is 0.495 e. The molecule has 0 bridgehead atoms. The Balaban J connectivity index is 2.52. The number of benzene rings is 1. The van der Waals surface area contributed by atoms with Crippen LogP contribution < -0.4 is 9.46 Å². The Hall–Kier alpha value is -0.590. The Labute approximate surface area is 136 Å². The Morgan fingerprint density at radius 2 is 1.81 bits per heavy atom. The van der Waals surface area contributed by atoms with E-state index < -0.39 is 10.0 Å². The van der Waals surface area contributed by atoms with E-state index in [1.807, 2.05) is 0 Å². The van der Waals surface area contributed by atoms with E-state index in [0.29, 0.717) is 16.8 Å². The molecule has 1 N–H and O–H groups in total. The second-order valence-electron chi connectivity index (χ2n) is 4.96. The molecule has 6 heteroatoms. The smallest absolute Gasteiger partial charge is 0.244 e. The van der Waals surface area contributed by atoms with Gasteiger partial charge in [-0.25, -0.2) is 13.1 Å². The molecule has 21 heavy (non-hydrogen) atoms. The van der Waals surface area contributed by atoms with Crippen LogP contribution in [0.15, 0.2) is 27.6 Å². The van der Waals surface area contributed by atoms with Gasteiger partial charge in [0.25, 0.3) is 0 Å². The summed E-state index contributed by atoms with van der Waals surface area (Å²) in [6, 6.07) is 4.96. The van der Waals surface area contributed by atoms with Crippen LogP contribution in [-0.2, 0) is 10.0 Å². The average Bonchev–Trinajstić information content (AvgIpc) is 2.46. The minimum Gasteiger partial charge on any atom is -0.495 e. The van der Waals surface area contributed by atoms with E-state index in [0.717, 1.165) is 19.3 Å². The summed E-state index contributed by atoms with van der Waals surface area (Å²) in [7, 11) is -2.06. The Bertz CT molecular complexity index is 532. The van der Waals surface area contributed by atoms with Crippen molar-refractivity contribution in [1.82, 2.24) is 4.72 Å². The first-order chi connectivity index (χ1) is 10.0. The molecule has 0 aliphatic carbocycles.